The summed E-state index contributed by atoms with van der Waals surface area (Å²) in [6.07, 6.45) is 0.363. The van der Waals surface area contributed by atoms with Gasteiger partial charge in [-0.15, -0.1) is 0 Å². The first-order valence-electron chi connectivity index (χ1n) is 8.31. The average Bonchev–Trinajstić information content (AvgIpc) is 2.55. The molecule has 1 N–H and O–H groups in total. The second kappa shape index (κ2) is 5.72. The molecule has 0 aromatic heterocycles. The van der Waals surface area contributed by atoms with E-state index in [1.165, 1.54) is 0 Å². The molecule has 0 saturated carbocycles. The van der Waals surface area contributed by atoms with E-state index in [1.54, 1.807) is 49.4 Å². The first kappa shape index (κ1) is 17.4. The standard InChI is InChI=1S/C19H18ClNO4S/c1-11-3-6-13(7-4-11)26(23,24)17-15-10-19(2,21-18(17)22)25-16-8-5-12(20)9-14(15)16/h3-9,15,17H,10H2,1-2H3,(H,21,22)/t15-,17+,19-/m0/s1. The van der Waals surface area contributed by atoms with Crippen LogP contribution in [0.1, 0.15) is 30.4 Å². The fourth-order valence-corrected chi connectivity index (χ4v) is 5.81. The molecule has 2 aliphatic rings. The summed E-state index contributed by atoms with van der Waals surface area (Å²) in [6.45, 7) is 3.63. The number of carbonyl (C=O) groups is 1. The fraction of sp³-hybridized carbons (Fsp3) is 0.316. The van der Waals surface area contributed by atoms with Crippen LogP contribution in [0.3, 0.4) is 0 Å². The number of carbonyl (C=O) groups excluding carboxylic acids is 1. The van der Waals surface area contributed by atoms with Crippen molar-refractivity contribution in [3.63, 3.8) is 0 Å². The molecule has 1 fully saturated rings. The summed E-state index contributed by atoms with van der Waals surface area (Å²) in [4.78, 5) is 12.9. The van der Waals surface area contributed by atoms with Crippen LogP contribution in [0.25, 0.3) is 0 Å². The maximum Gasteiger partial charge on any atom is 0.242 e. The summed E-state index contributed by atoms with van der Waals surface area (Å²) in [6, 6.07) is 11.6. The molecule has 5 nitrogen and oxygen atoms in total. The van der Waals surface area contributed by atoms with Crippen LogP contribution in [-0.4, -0.2) is 25.3 Å². The Labute approximate surface area is 157 Å². The zero-order valence-corrected chi connectivity index (χ0v) is 15.9. The molecule has 0 spiro atoms. The van der Waals surface area contributed by atoms with Crippen molar-refractivity contribution >= 4 is 27.3 Å². The van der Waals surface area contributed by atoms with Crippen LogP contribution in [0.5, 0.6) is 5.75 Å². The van der Waals surface area contributed by atoms with E-state index in [0.29, 0.717) is 22.8 Å². The van der Waals surface area contributed by atoms with Gasteiger partial charge >= 0.3 is 0 Å². The Bertz CT molecular complexity index is 1000. The average molecular weight is 392 g/mol. The van der Waals surface area contributed by atoms with Gasteiger partial charge in [0.15, 0.2) is 20.8 Å². The van der Waals surface area contributed by atoms with E-state index < -0.39 is 32.6 Å². The lowest BCUT2D eigenvalue weighted by atomic mass is 9.81. The molecular weight excluding hydrogens is 374 g/mol. The quantitative estimate of drug-likeness (QED) is 0.853. The van der Waals surface area contributed by atoms with Gasteiger partial charge in [-0.2, -0.15) is 0 Å². The smallest absolute Gasteiger partial charge is 0.242 e. The molecule has 7 heteroatoms. The van der Waals surface area contributed by atoms with Crippen LogP contribution < -0.4 is 10.1 Å². The second-order valence-corrected chi connectivity index (χ2v) is 9.60. The van der Waals surface area contributed by atoms with Gasteiger partial charge in [-0.1, -0.05) is 29.3 Å². The van der Waals surface area contributed by atoms with Crippen molar-refractivity contribution in [2.75, 3.05) is 0 Å². The molecule has 136 valence electrons. The van der Waals surface area contributed by atoms with Crippen LogP contribution in [0.4, 0.5) is 0 Å². The molecule has 0 unspecified atom stereocenters. The Kier molecular flexibility index (Phi) is 3.82. The van der Waals surface area contributed by atoms with E-state index in [1.807, 2.05) is 6.92 Å². The van der Waals surface area contributed by atoms with E-state index in [2.05, 4.69) is 5.32 Å². The van der Waals surface area contributed by atoms with Gasteiger partial charge < -0.3 is 10.1 Å². The third kappa shape index (κ3) is 2.68. The van der Waals surface area contributed by atoms with Crippen molar-refractivity contribution in [1.82, 2.24) is 5.32 Å². The molecule has 2 aromatic rings. The predicted molar refractivity (Wildman–Crippen MR) is 98.1 cm³/mol. The van der Waals surface area contributed by atoms with Crippen molar-refractivity contribution in [3.8, 4) is 5.75 Å². The summed E-state index contributed by atoms with van der Waals surface area (Å²) >= 11 is 6.12. The van der Waals surface area contributed by atoms with Crippen LogP contribution in [0.2, 0.25) is 5.02 Å². The number of piperidine rings is 1. The van der Waals surface area contributed by atoms with Gasteiger partial charge in [0, 0.05) is 22.9 Å². The predicted octanol–water partition coefficient (Wildman–Crippen LogP) is 3.20. The maximum absolute atomic E-state index is 13.3. The molecule has 1 amide bonds. The molecule has 3 atom stereocenters. The first-order valence-corrected chi connectivity index (χ1v) is 10.2. The number of nitrogens with one attached hydrogen (secondary N) is 1. The number of hydrogen-bond acceptors (Lipinski definition) is 4. The zero-order chi connectivity index (χ0) is 18.7. The summed E-state index contributed by atoms with van der Waals surface area (Å²) in [7, 11) is -3.87. The van der Waals surface area contributed by atoms with Crippen molar-refractivity contribution in [2.45, 2.75) is 42.1 Å². The third-order valence-corrected chi connectivity index (χ3v) is 7.39. The molecule has 1 saturated heterocycles. The Morgan fingerprint density at radius 3 is 2.58 bits per heavy atom. The summed E-state index contributed by atoms with van der Waals surface area (Å²) in [5.41, 5.74) is 0.681. The molecule has 2 aromatic carbocycles. The Hall–Kier alpha value is -2.05. The van der Waals surface area contributed by atoms with Crippen LogP contribution in [0, 0.1) is 6.92 Å². The van der Waals surface area contributed by atoms with Crippen molar-refractivity contribution < 1.29 is 17.9 Å². The summed E-state index contributed by atoms with van der Waals surface area (Å²) in [5.74, 6) is -0.519. The molecular formula is C19H18ClNO4S. The highest BCUT2D eigenvalue weighted by Gasteiger charge is 2.54. The topological polar surface area (TPSA) is 72.5 Å². The van der Waals surface area contributed by atoms with E-state index in [0.717, 1.165) is 5.56 Å². The molecule has 2 aliphatic heterocycles. The number of benzene rings is 2. The summed E-state index contributed by atoms with van der Waals surface area (Å²) < 4.78 is 32.5. The van der Waals surface area contributed by atoms with E-state index in [4.69, 9.17) is 16.3 Å². The molecule has 2 heterocycles. The van der Waals surface area contributed by atoms with Crippen LogP contribution >= 0.6 is 11.6 Å². The number of amides is 1. The van der Waals surface area contributed by atoms with Gasteiger partial charge in [0.1, 0.15) is 5.75 Å². The van der Waals surface area contributed by atoms with Gasteiger partial charge in [0.25, 0.3) is 0 Å². The van der Waals surface area contributed by atoms with Gasteiger partial charge in [0.05, 0.1) is 4.90 Å². The first-order chi connectivity index (χ1) is 12.2. The van der Waals surface area contributed by atoms with Crippen LogP contribution in [0.15, 0.2) is 47.4 Å². The lowest BCUT2D eigenvalue weighted by molar-refractivity contribution is -0.132. The van der Waals surface area contributed by atoms with Gasteiger partial charge in [-0.25, -0.2) is 8.42 Å². The zero-order valence-electron chi connectivity index (χ0n) is 14.3. The lowest BCUT2D eigenvalue weighted by Gasteiger charge is -2.46. The SMILES string of the molecule is Cc1ccc(S(=O)(=O)[C@H]2C(=O)N[C@]3(C)C[C@H]2c2cc(Cl)ccc2O3)cc1. The van der Waals surface area contributed by atoms with Crippen LogP contribution in [-0.2, 0) is 14.6 Å². The minimum Gasteiger partial charge on any atom is -0.468 e. The van der Waals surface area contributed by atoms with E-state index in [9.17, 15) is 13.2 Å². The Morgan fingerprint density at radius 2 is 1.88 bits per heavy atom. The number of hydrogen-bond donors (Lipinski definition) is 1. The van der Waals surface area contributed by atoms with Crippen molar-refractivity contribution in [1.29, 1.82) is 0 Å². The molecule has 4 rings (SSSR count). The maximum atomic E-state index is 13.3. The normalized spacial score (nSPS) is 27.3. The molecule has 0 radical (unpaired) electrons. The number of aryl methyl sites for hydroxylation is 1. The Morgan fingerprint density at radius 1 is 1.19 bits per heavy atom. The number of halogens is 1. The minimum atomic E-state index is -3.87. The number of rotatable bonds is 2. The highest BCUT2D eigenvalue weighted by Crippen LogP contribution is 2.47. The van der Waals surface area contributed by atoms with Gasteiger partial charge in [-0.05, 0) is 44.2 Å². The molecule has 2 bridgehead atoms. The monoisotopic (exact) mass is 391 g/mol. The summed E-state index contributed by atoms with van der Waals surface area (Å²) in [5, 5.41) is 2.00. The number of fused-ring (bicyclic) bond motifs is 4. The molecule has 0 aliphatic carbocycles. The largest absolute Gasteiger partial charge is 0.468 e. The number of sulfone groups is 1. The lowest BCUT2D eigenvalue weighted by Crippen LogP contribution is -2.63. The minimum absolute atomic E-state index is 0.141. The van der Waals surface area contributed by atoms with Crippen molar-refractivity contribution in [2.24, 2.45) is 0 Å². The van der Waals surface area contributed by atoms with Crippen molar-refractivity contribution in [3.05, 3.63) is 58.6 Å². The third-order valence-electron chi connectivity index (χ3n) is 5.01. The number of ether oxygens (including phenoxy) is 1. The second-order valence-electron chi connectivity index (χ2n) is 7.09. The van der Waals surface area contributed by atoms with Gasteiger partial charge in [0.2, 0.25) is 5.91 Å². The fourth-order valence-electron chi connectivity index (χ4n) is 3.81. The van der Waals surface area contributed by atoms with E-state index in [-0.39, 0.29) is 4.90 Å². The molecule has 26 heavy (non-hydrogen) atoms. The Balaban J connectivity index is 1.86. The van der Waals surface area contributed by atoms with Gasteiger partial charge in [-0.3, -0.25) is 4.79 Å². The highest BCUT2D eigenvalue weighted by atomic mass is 35.5. The van der Waals surface area contributed by atoms with E-state index >= 15 is 0 Å². The highest BCUT2D eigenvalue weighted by molar-refractivity contribution is 7.92.